The normalized spacial score (nSPS) is 11.2. The summed E-state index contributed by atoms with van der Waals surface area (Å²) in [5, 5.41) is 15.7. The average molecular weight is 288 g/mol. The minimum Gasteiger partial charge on any atom is -0.477 e. The molecule has 1 heterocycles. The summed E-state index contributed by atoms with van der Waals surface area (Å²) in [7, 11) is 0. The summed E-state index contributed by atoms with van der Waals surface area (Å²) < 4.78 is 10.4. The van der Waals surface area contributed by atoms with E-state index in [0.717, 1.165) is 0 Å². The lowest BCUT2D eigenvalue weighted by atomic mass is 10.1. The van der Waals surface area contributed by atoms with E-state index in [2.05, 4.69) is 10.5 Å². The fraction of sp³-hybridized carbons (Fsp3) is 0.200. The predicted molar refractivity (Wildman–Crippen MR) is 76.7 cm³/mol. The van der Waals surface area contributed by atoms with Gasteiger partial charge in [0, 0.05) is 5.56 Å². The van der Waals surface area contributed by atoms with Crippen LogP contribution in [0, 0.1) is 13.8 Å². The number of aromatic nitrogens is 1. The Hall–Kier alpha value is -2.76. The second-order valence-electron chi connectivity index (χ2n) is 4.38. The Balaban J connectivity index is 2.05. The summed E-state index contributed by atoms with van der Waals surface area (Å²) in [6.45, 7) is 3.53. The molecule has 0 unspecified atom stereocenters. The second kappa shape index (κ2) is 6.60. The number of carbonyl (C=O) groups is 1. The zero-order valence-electron chi connectivity index (χ0n) is 11.8. The van der Waals surface area contributed by atoms with E-state index >= 15 is 0 Å². The fourth-order valence-electron chi connectivity index (χ4n) is 1.74. The number of carboxylic acids is 1. The highest BCUT2D eigenvalue weighted by atomic mass is 16.5. The van der Waals surface area contributed by atoms with Crippen LogP contribution in [-0.4, -0.2) is 23.0 Å². The van der Waals surface area contributed by atoms with Gasteiger partial charge < -0.3 is 19.7 Å². The molecule has 0 aliphatic carbocycles. The molecular weight excluding hydrogens is 272 g/mol. The molecule has 2 rings (SSSR count). The summed E-state index contributed by atoms with van der Waals surface area (Å²) in [6.07, 6.45) is 1.48. The van der Waals surface area contributed by atoms with E-state index in [1.807, 2.05) is 18.2 Å². The van der Waals surface area contributed by atoms with Crippen LogP contribution in [0.3, 0.4) is 0 Å². The monoisotopic (exact) mass is 288 g/mol. The highest BCUT2D eigenvalue weighted by Crippen LogP contribution is 2.15. The zero-order valence-corrected chi connectivity index (χ0v) is 11.8. The van der Waals surface area contributed by atoms with Gasteiger partial charge in [-0.3, -0.25) is 0 Å². The van der Waals surface area contributed by atoms with Crippen molar-refractivity contribution >= 4 is 12.0 Å². The molecule has 110 valence electrons. The molecule has 0 bridgehead atoms. The number of aryl methyl sites for hydroxylation is 2. The van der Waals surface area contributed by atoms with Crippen molar-refractivity contribution in [1.82, 2.24) is 10.5 Å². The number of benzene rings is 1. The first-order valence-corrected chi connectivity index (χ1v) is 6.37. The molecule has 0 saturated heterocycles. The van der Waals surface area contributed by atoms with E-state index in [0.29, 0.717) is 22.8 Å². The molecule has 0 radical (unpaired) electrons. The third-order valence-corrected chi connectivity index (χ3v) is 2.85. The molecule has 0 atom stereocenters. The predicted octanol–water partition coefficient (Wildman–Crippen LogP) is 2.34. The van der Waals surface area contributed by atoms with E-state index < -0.39 is 5.97 Å². The molecule has 1 aromatic heterocycles. The first-order chi connectivity index (χ1) is 10.1. The Morgan fingerprint density at radius 3 is 2.67 bits per heavy atom. The van der Waals surface area contributed by atoms with Crippen LogP contribution in [0.25, 0.3) is 6.08 Å². The van der Waals surface area contributed by atoms with Crippen LogP contribution in [0.2, 0.25) is 0 Å². The molecule has 2 N–H and O–H groups in total. The summed E-state index contributed by atoms with van der Waals surface area (Å²) >= 11 is 0. The second-order valence-corrected chi connectivity index (χ2v) is 4.38. The Morgan fingerprint density at radius 2 is 2.10 bits per heavy atom. The highest BCUT2D eigenvalue weighted by Gasteiger charge is 2.12. The van der Waals surface area contributed by atoms with Crippen molar-refractivity contribution in [2.24, 2.45) is 0 Å². The summed E-state index contributed by atoms with van der Waals surface area (Å²) in [4.78, 5) is 11.3. The van der Waals surface area contributed by atoms with Gasteiger partial charge in [-0.25, -0.2) is 4.79 Å². The molecule has 2 aromatic rings. The maximum absolute atomic E-state index is 11.3. The first-order valence-electron chi connectivity index (χ1n) is 6.37. The van der Waals surface area contributed by atoms with Gasteiger partial charge in [0.25, 0.3) is 0 Å². The smallest absolute Gasteiger partial charge is 0.352 e. The van der Waals surface area contributed by atoms with Crippen LogP contribution >= 0.6 is 0 Å². The number of nitrogens with one attached hydrogen (secondary N) is 1. The zero-order chi connectivity index (χ0) is 15.2. The number of para-hydroxylation sites is 1. The van der Waals surface area contributed by atoms with E-state index in [1.54, 1.807) is 26.0 Å². The van der Waals surface area contributed by atoms with Crippen LogP contribution in [0.4, 0.5) is 0 Å². The number of rotatable bonds is 6. The van der Waals surface area contributed by atoms with Crippen LogP contribution in [0.15, 0.2) is 40.6 Å². The van der Waals surface area contributed by atoms with Gasteiger partial charge in [-0.15, -0.1) is 0 Å². The lowest BCUT2D eigenvalue weighted by Crippen LogP contribution is -2.24. The molecule has 21 heavy (non-hydrogen) atoms. The lowest BCUT2D eigenvalue weighted by Gasteiger charge is -2.09. The maximum Gasteiger partial charge on any atom is 0.352 e. The van der Waals surface area contributed by atoms with Gasteiger partial charge in [0.1, 0.15) is 17.2 Å². The van der Waals surface area contributed by atoms with E-state index in [9.17, 15) is 9.90 Å². The molecular formula is C15H16N2O4. The molecule has 0 spiro atoms. The summed E-state index contributed by atoms with van der Waals surface area (Å²) in [6, 6.07) is 9.14. The Bertz CT molecular complexity index is 627. The van der Waals surface area contributed by atoms with Crippen LogP contribution < -0.4 is 10.1 Å². The van der Waals surface area contributed by atoms with Crippen molar-refractivity contribution in [3.8, 4) is 5.75 Å². The minimum absolute atomic E-state index is 0.0142. The van der Waals surface area contributed by atoms with Gasteiger partial charge in [0.05, 0.1) is 5.69 Å². The molecule has 1 aromatic carbocycles. The van der Waals surface area contributed by atoms with Gasteiger partial charge in [-0.1, -0.05) is 23.4 Å². The van der Waals surface area contributed by atoms with Crippen molar-refractivity contribution in [2.45, 2.75) is 13.8 Å². The van der Waals surface area contributed by atoms with Gasteiger partial charge >= 0.3 is 5.97 Å². The quantitative estimate of drug-likeness (QED) is 0.627. The van der Waals surface area contributed by atoms with E-state index in [-0.39, 0.29) is 12.4 Å². The van der Waals surface area contributed by atoms with Crippen molar-refractivity contribution in [3.05, 3.63) is 53.0 Å². The Labute approximate surface area is 122 Å². The van der Waals surface area contributed by atoms with Crippen molar-refractivity contribution < 1.29 is 19.2 Å². The molecule has 6 heteroatoms. The average Bonchev–Trinajstić information content (AvgIpc) is 2.78. The van der Waals surface area contributed by atoms with Crippen molar-refractivity contribution in [3.63, 3.8) is 0 Å². The standard InChI is InChI=1S/C15H16N2O4/c1-10-13(11(2)21-17-10)8-14(15(18)19)16-9-20-12-6-4-3-5-7-12/h3-8,16H,9H2,1-2H3,(H,18,19)/b14-8-. The number of ether oxygens (including phenoxy) is 1. The van der Waals surface area contributed by atoms with Crippen LogP contribution in [-0.2, 0) is 4.79 Å². The first kappa shape index (κ1) is 14.6. The van der Waals surface area contributed by atoms with Gasteiger partial charge in [0.15, 0.2) is 6.73 Å². The molecule has 0 amide bonds. The molecule has 0 aliphatic heterocycles. The lowest BCUT2D eigenvalue weighted by molar-refractivity contribution is -0.133. The van der Waals surface area contributed by atoms with Crippen LogP contribution in [0.1, 0.15) is 17.0 Å². The van der Waals surface area contributed by atoms with Gasteiger partial charge in [0.2, 0.25) is 0 Å². The van der Waals surface area contributed by atoms with Gasteiger partial charge in [-0.2, -0.15) is 0 Å². The minimum atomic E-state index is -1.08. The molecule has 0 aliphatic rings. The van der Waals surface area contributed by atoms with Crippen LogP contribution in [0.5, 0.6) is 5.75 Å². The number of hydrogen-bond donors (Lipinski definition) is 2. The maximum atomic E-state index is 11.3. The van der Waals surface area contributed by atoms with Crippen molar-refractivity contribution in [1.29, 1.82) is 0 Å². The number of aliphatic carboxylic acids is 1. The van der Waals surface area contributed by atoms with Gasteiger partial charge in [-0.05, 0) is 32.1 Å². The summed E-state index contributed by atoms with van der Waals surface area (Å²) in [5.41, 5.74) is 1.30. The SMILES string of the molecule is Cc1noc(C)c1/C=C(\NCOc1ccccc1)C(=O)O. The third kappa shape index (κ3) is 3.85. The van der Waals surface area contributed by atoms with E-state index in [1.165, 1.54) is 6.08 Å². The summed E-state index contributed by atoms with van der Waals surface area (Å²) in [5.74, 6) is 0.149. The van der Waals surface area contributed by atoms with Crippen molar-refractivity contribution in [2.75, 3.05) is 6.73 Å². The van der Waals surface area contributed by atoms with E-state index in [4.69, 9.17) is 9.26 Å². The topological polar surface area (TPSA) is 84.6 Å². The molecule has 0 saturated carbocycles. The number of hydrogen-bond acceptors (Lipinski definition) is 5. The third-order valence-electron chi connectivity index (χ3n) is 2.85. The largest absolute Gasteiger partial charge is 0.477 e. The number of nitrogens with zero attached hydrogens (tertiary/aromatic N) is 1. The Kier molecular flexibility index (Phi) is 4.61. The highest BCUT2D eigenvalue weighted by molar-refractivity contribution is 5.91. The number of carboxylic acid groups (broad SMARTS) is 1. The Morgan fingerprint density at radius 1 is 1.38 bits per heavy atom. The fourth-order valence-corrected chi connectivity index (χ4v) is 1.74. The molecule has 0 fully saturated rings. The molecule has 6 nitrogen and oxygen atoms in total.